The van der Waals surface area contributed by atoms with Crippen LogP contribution in [0.5, 0.6) is 0 Å². The number of rotatable bonds is 8. The molecule has 168 valence electrons. The van der Waals surface area contributed by atoms with Crippen LogP contribution in [0.3, 0.4) is 0 Å². The largest absolute Gasteiger partial charge is 0.355 e. The van der Waals surface area contributed by atoms with E-state index >= 15 is 0 Å². The van der Waals surface area contributed by atoms with Crippen LogP contribution in [0.1, 0.15) is 44.7 Å². The van der Waals surface area contributed by atoms with Gasteiger partial charge in [0, 0.05) is 32.6 Å². The number of hydrogen-bond donors (Lipinski definition) is 1. The van der Waals surface area contributed by atoms with E-state index in [9.17, 15) is 22.8 Å². The van der Waals surface area contributed by atoms with Crippen LogP contribution in [-0.2, 0) is 27.8 Å². The van der Waals surface area contributed by atoms with E-state index in [1.807, 2.05) is 24.3 Å². The van der Waals surface area contributed by atoms with E-state index in [-0.39, 0.29) is 43.0 Å². The Balaban J connectivity index is 1.20. The van der Waals surface area contributed by atoms with Crippen molar-refractivity contribution in [3.8, 4) is 0 Å². The topological polar surface area (TPSA) is 104 Å². The Labute approximate surface area is 187 Å². The number of imide groups is 1. The van der Waals surface area contributed by atoms with E-state index in [1.54, 1.807) is 24.3 Å². The van der Waals surface area contributed by atoms with E-state index in [0.29, 0.717) is 37.1 Å². The molecule has 2 heterocycles. The Bertz CT molecular complexity index is 1130. The van der Waals surface area contributed by atoms with Crippen LogP contribution in [0.25, 0.3) is 0 Å². The molecule has 0 aliphatic carbocycles. The highest BCUT2D eigenvalue weighted by molar-refractivity contribution is 7.89. The molecule has 0 atom stereocenters. The third-order valence-electron chi connectivity index (χ3n) is 5.83. The molecule has 0 unspecified atom stereocenters. The molecule has 8 nitrogen and oxygen atoms in total. The van der Waals surface area contributed by atoms with Gasteiger partial charge in [-0.1, -0.05) is 36.4 Å². The van der Waals surface area contributed by atoms with Crippen molar-refractivity contribution in [2.24, 2.45) is 0 Å². The molecule has 0 radical (unpaired) electrons. The SMILES string of the molecule is O=C(CCCN1C(=O)c2ccccc2C1=O)NCCS(=O)(=O)N1CCc2ccccc2C1. The molecule has 32 heavy (non-hydrogen) atoms. The predicted molar refractivity (Wildman–Crippen MR) is 118 cm³/mol. The molecule has 0 bridgehead atoms. The summed E-state index contributed by atoms with van der Waals surface area (Å²) in [6, 6.07) is 14.4. The van der Waals surface area contributed by atoms with E-state index < -0.39 is 10.0 Å². The fraction of sp³-hybridized carbons (Fsp3) is 0.348. The minimum Gasteiger partial charge on any atom is -0.355 e. The van der Waals surface area contributed by atoms with Gasteiger partial charge in [-0.3, -0.25) is 19.3 Å². The number of fused-ring (bicyclic) bond motifs is 2. The first kappa shape index (κ1) is 22.2. The number of hydrogen-bond acceptors (Lipinski definition) is 5. The Kier molecular flexibility index (Phi) is 6.38. The first-order valence-electron chi connectivity index (χ1n) is 10.6. The standard InChI is InChI=1S/C23H25N3O5S/c27-21(10-5-13-26-22(28)19-8-3-4-9-20(19)23(26)29)24-12-15-32(30,31)25-14-11-17-6-1-2-7-18(17)16-25/h1-4,6-9H,5,10-16H2,(H,24,27). The average Bonchev–Trinajstić information content (AvgIpc) is 3.03. The van der Waals surface area contributed by atoms with Gasteiger partial charge in [-0.05, 0) is 36.1 Å². The van der Waals surface area contributed by atoms with Crippen molar-refractivity contribution in [2.75, 3.05) is 25.4 Å². The molecule has 9 heteroatoms. The zero-order chi connectivity index (χ0) is 22.7. The summed E-state index contributed by atoms with van der Waals surface area (Å²) in [5.74, 6) is -1.17. The summed E-state index contributed by atoms with van der Waals surface area (Å²) in [6.07, 6.45) is 1.09. The third kappa shape index (κ3) is 4.58. The van der Waals surface area contributed by atoms with Gasteiger partial charge in [0.2, 0.25) is 15.9 Å². The smallest absolute Gasteiger partial charge is 0.261 e. The summed E-state index contributed by atoms with van der Waals surface area (Å²) < 4.78 is 26.7. The van der Waals surface area contributed by atoms with Crippen molar-refractivity contribution in [2.45, 2.75) is 25.8 Å². The van der Waals surface area contributed by atoms with Crippen molar-refractivity contribution in [1.82, 2.24) is 14.5 Å². The quantitative estimate of drug-likeness (QED) is 0.609. The Morgan fingerprint density at radius 1 is 0.938 bits per heavy atom. The lowest BCUT2D eigenvalue weighted by Crippen LogP contribution is -2.40. The van der Waals surface area contributed by atoms with Crippen LogP contribution >= 0.6 is 0 Å². The molecular formula is C23H25N3O5S. The van der Waals surface area contributed by atoms with Gasteiger partial charge in [0.25, 0.3) is 11.8 Å². The number of amides is 3. The molecule has 2 aromatic carbocycles. The zero-order valence-electron chi connectivity index (χ0n) is 17.6. The molecule has 0 aromatic heterocycles. The molecule has 0 saturated heterocycles. The first-order valence-corrected chi connectivity index (χ1v) is 12.2. The second kappa shape index (κ2) is 9.22. The number of nitrogens with zero attached hydrogens (tertiary/aromatic N) is 2. The third-order valence-corrected chi connectivity index (χ3v) is 7.65. The Hall–Kier alpha value is -3.04. The van der Waals surface area contributed by atoms with Crippen LogP contribution in [0.15, 0.2) is 48.5 Å². The second-order valence-electron chi connectivity index (χ2n) is 7.93. The van der Waals surface area contributed by atoms with Crippen LogP contribution in [0.4, 0.5) is 0 Å². The molecular weight excluding hydrogens is 430 g/mol. The highest BCUT2D eigenvalue weighted by Crippen LogP contribution is 2.23. The predicted octanol–water partition coefficient (Wildman–Crippen LogP) is 1.57. The fourth-order valence-corrected chi connectivity index (χ4v) is 5.41. The molecule has 3 amide bonds. The number of sulfonamides is 1. The zero-order valence-corrected chi connectivity index (χ0v) is 18.4. The Morgan fingerprint density at radius 2 is 1.56 bits per heavy atom. The maximum Gasteiger partial charge on any atom is 0.261 e. The molecule has 1 N–H and O–H groups in total. The van der Waals surface area contributed by atoms with Crippen LogP contribution < -0.4 is 5.32 Å². The number of carbonyl (C=O) groups is 3. The monoisotopic (exact) mass is 455 g/mol. The van der Waals surface area contributed by atoms with Crippen molar-refractivity contribution < 1.29 is 22.8 Å². The van der Waals surface area contributed by atoms with E-state index in [4.69, 9.17) is 0 Å². The minimum atomic E-state index is -3.48. The van der Waals surface area contributed by atoms with E-state index in [1.165, 1.54) is 9.87 Å². The summed E-state index contributed by atoms with van der Waals surface area (Å²) in [5.41, 5.74) is 2.95. The summed E-state index contributed by atoms with van der Waals surface area (Å²) in [5, 5.41) is 2.63. The Morgan fingerprint density at radius 3 is 2.25 bits per heavy atom. The van der Waals surface area contributed by atoms with Gasteiger partial charge in [-0.25, -0.2) is 8.42 Å². The molecule has 2 aliphatic heterocycles. The van der Waals surface area contributed by atoms with Gasteiger partial charge in [0.15, 0.2) is 0 Å². The first-order chi connectivity index (χ1) is 15.4. The maximum absolute atomic E-state index is 12.6. The molecule has 2 aromatic rings. The molecule has 0 fully saturated rings. The highest BCUT2D eigenvalue weighted by Gasteiger charge is 2.34. The lowest BCUT2D eigenvalue weighted by molar-refractivity contribution is -0.121. The van der Waals surface area contributed by atoms with Crippen LogP contribution in [0, 0.1) is 0 Å². The number of nitrogens with one attached hydrogen (secondary N) is 1. The number of benzene rings is 2. The highest BCUT2D eigenvalue weighted by atomic mass is 32.2. The van der Waals surface area contributed by atoms with Gasteiger partial charge in [-0.2, -0.15) is 4.31 Å². The summed E-state index contributed by atoms with van der Waals surface area (Å²) in [7, 11) is -3.48. The summed E-state index contributed by atoms with van der Waals surface area (Å²) in [6.45, 7) is 0.956. The molecule has 0 spiro atoms. The van der Waals surface area contributed by atoms with Crippen molar-refractivity contribution in [3.05, 3.63) is 70.8 Å². The van der Waals surface area contributed by atoms with E-state index in [2.05, 4.69) is 5.32 Å². The van der Waals surface area contributed by atoms with Gasteiger partial charge >= 0.3 is 0 Å². The lowest BCUT2D eigenvalue weighted by Gasteiger charge is -2.28. The van der Waals surface area contributed by atoms with Crippen molar-refractivity contribution >= 4 is 27.7 Å². The maximum atomic E-state index is 12.6. The molecule has 4 rings (SSSR count). The van der Waals surface area contributed by atoms with Crippen LogP contribution in [-0.4, -0.2) is 60.7 Å². The fourth-order valence-electron chi connectivity index (χ4n) is 4.08. The molecule has 2 aliphatic rings. The lowest BCUT2D eigenvalue weighted by atomic mass is 10.0. The van der Waals surface area contributed by atoms with Gasteiger partial charge < -0.3 is 5.32 Å². The normalized spacial score (nSPS) is 16.1. The van der Waals surface area contributed by atoms with Crippen molar-refractivity contribution in [3.63, 3.8) is 0 Å². The minimum absolute atomic E-state index is 0.0202. The molecule has 0 saturated carbocycles. The van der Waals surface area contributed by atoms with Gasteiger partial charge in [-0.15, -0.1) is 0 Å². The second-order valence-corrected chi connectivity index (χ2v) is 10.0. The number of carbonyl (C=O) groups excluding carboxylic acids is 3. The van der Waals surface area contributed by atoms with E-state index in [0.717, 1.165) is 10.5 Å². The summed E-state index contributed by atoms with van der Waals surface area (Å²) in [4.78, 5) is 37.9. The summed E-state index contributed by atoms with van der Waals surface area (Å²) >= 11 is 0. The van der Waals surface area contributed by atoms with Crippen LogP contribution in [0.2, 0.25) is 0 Å². The van der Waals surface area contributed by atoms with Gasteiger partial charge in [0.1, 0.15) is 0 Å². The average molecular weight is 456 g/mol. The van der Waals surface area contributed by atoms with Crippen molar-refractivity contribution in [1.29, 1.82) is 0 Å². The van der Waals surface area contributed by atoms with Gasteiger partial charge in [0.05, 0.1) is 16.9 Å².